The van der Waals surface area contributed by atoms with Crippen LogP contribution in [0.2, 0.25) is 0 Å². The van der Waals surface area contributed by atoms with Gasteiger partial charge in [-0.25, -0.2) is 0 Å². The van der Waals surface area contributed by atoms with Gasteiger partial charge in [-0.05, 0) is 52.0 Å². The van der Waals surface area contributed by atoms with Crippen LogP contribution in [0.1, 0.15) is 22.2 Å². The number of aromatic nitrogens is 1. The quantitative estimate of drug-likeness (QED) is 0.748. The molecule has 0 bridgehead atoms. The van der Waals surface area contributed by atoms with Crippen LogP contribution in [0.15, 0.2) is 46.3 Å². The first-order valence-electron chi connectivity index (χ1n) is 6.41. The standard InChI is InChI=1S/C16H14BrNOS/c1-10-8-14(18-13-5-3-2-4-11(10)13)15(19)9-16-12(17)6-7-20-16/h2-8,15,19H,9H2,1H3. The fraction of sp³-hybridized carbons (Fsp3) is 0.188. The van der Waals surface area contributed by atoms with Gasteiger partial charge < -0.3 is 5.11 Å². The van der Waals surface area contributed by atoms with Crippen LogP contribution in [0.4, 0.5) is 0 Å². The highest BCUT2D eigenvalue weighted by Gasteiger charge is 2.14. The number of nitrogens with zero attached hydrogens (tertiary/aromatic N) is 1. The summed E-state index contributed by atoms with van der Waals surface area (Å²) in [5.74, 6) is 0. The maximum atomic E-state index is 10.4. The van der Waals surface area contributed by atoms with Crippen LogP contribution in [0.3, 0.4) is 0 Å². The van der Waals surface area contributed by atoms with Crippen molar-refractivity contribution in [3.8, 4) is 0 Å². The summed E-state index contributed by atoms with van der Waals surface area (Å²) in [7, 11) is 0. The Bertz CT molecular complexity index is 753. The van der Waals surface area contributed by atoms with Gasteiger partial charge in [-0.2, -0.15) is 0 Å². The molecule has 0 radical (unpaired) electrons. The minimum atomic E-state index is -0.576. The zero-order valence-electron chi connectivity index (χ0n) is 11.0. The molecular weight excluding hydrogens is 334 g/mol. The van der Waals surface area contributed by atoms with Crippen molar-refractivity contribution >= 4 is 38.2 Å². The average molecular weight is 348 g/mol. The number of aryl methyl sites for hydroxylation is 1. The SMILES string of the molecule is Cc1cc(C(O)Cc2sccc2Br)nc2ccccc12. The van der Waals surface area contributed by atoms with Gasteiger partial charge in [-0.3, -0.25) is 4.98 Å². The molecule has 1 N–H and O–H groups in total. The molecule has 0 amide bonds. The first kappa shape index (κ1) is 13.7. The topological polar surface area (TPSA) is 33.1 Å². The molecule has 0 aliphatic carbocycles. The largest absolute Gasteiger partial charge is 0.386 e. The normalized spacial score (nSPS) is 12.8. The van der Waals surface area contributed by atoms with Gasteiger partial charge in [0.1, 0.15) is 6.10 Å². The monoisotopic (exact) mass is 347 g/mol. The molecule has 3 rings (SSSR count). The fourth-order valence-corrected chi connectivity index (χ4v) is 3.85. The molecule has 102 valence electrons. The third-order valence-corrected chi connectivity index (χ3v) is 5.30. The summed E-state index contributed by atoms with van der Waals surface area (Å²) < 4.78 is 1.05. The van der Waals surface area contributed by atoms with Gasteiger partial charge >= 0.3 is 0 Å². The number of benzene rings is 1. The summed E-state index contributed by atoms with van der Waals surface area (Å²) in [6.07, 6.45) is 0.0107. The van der Waals surface area contributed by atoms with E-state index in [0.29, 0.717) is 6.42 Å². The molecule has 1 unspecified atom stereocenters. The number of pyridine rings is 1. The molecule has 0 spiro atoms. The number of hydrogen-bond acceptors (Lipinski definition) is 3. The molecule has 1 aromatic carbocycles. The molecule has 2 nitrogen and oxygen atoms in total. The second-order valence-corrected chi connectivity index (χ2v) is 6.65. The van der Waals surface area contributed by atoms with Crippen molar-refractivity contribution in [2.75, 3.05) is 0 Å². The van der Waals surface area contributed by atoms with E-state index in [9.17, 15) is 5.11 Å². The molecule has 4 heteroatoms. The number of aliphatic hydroxyl groups is 1. The van der Waals surface area contributed by atoms with E-state index in [4.69, 9.17) is 0 Å². The van der Waals surface area contributed by atoms with Gasteiger partial charge in [0.2, 0.25) is 0 Å². The van der Waals surface area contributed by atoms with Gasteiger partial charge in [0.05, 0.1) is 11.2 Å². The third kappa shape index (κ3) is 2.64. The summed E-state index contributed by atoms with van der Waals surface area (Å²) in [4.78, 5) is 5.73. The van der Waals surface area contributed by atoms with Crippen molar-refractivity contribution in [1.29, 1.82) is 0 Å². The Morgan fingerprint density at radius 2 is 2.10 bits per heavy atom. The van der Waals surface area contributed by atoms with E-state index >= 15 is 0 Å². The van der Waals surface area contributed by atoms with Gasteiger partial charge in [0, 0.05) is 21.2 Å². The Morgan fingerprint density at radius 1 is 1.30 bits per heavy atom. The molecule has 0 fully saturated rings. The van der Waals surface area contributed by atoms with Crippen LogP contribution in [0.25, 0.3) is 10.9 Å². The first-order chi connectivity index (χ1) is 9.65. The highest BCUT2D eigenvalue weighted by atomic mass is 79.9. The van der Waals surface area contributed by atoms with E-state index in [1.54, 1.807) is 11.3 Å². The number of fused-ring (bicyclic) bond motifs is 1. The second kappa shape index (κ2) is 5.64. The van der Waals surface area contributed by atoms with Crippen LogP contribution in [-0.4, -0.2) is 10.1 Å². The smallest absolute Gasteiger partial charge is 0.101 e. The average Bonchev–Trinajstić information content (AvgIpc) is 2.84. The van der Waals surface area contributed by atoms with E-state index in [1.165, 1.54) is 0 Å². The fourth-order valence-electron chi connectivity index (χ4n) is 2.30. The molecule has 1 atom stereocenters. The number of para-hydroxylation sites is 1. The third-order valence-electron chi connectivity index (χ3n) is 3.35. The first-order valence-corrected chi connectivity index (χ1v) is 8.08. The molecule has 0 aliphatic heterocycles. The number of halogens is 1. The van der Waals surface area contributed by atoms with Crippen molar-refractivity contribution in [3.05, 3.63) is 62.4 Å². The molecule has 0 aliphatic rings. The van der Waals surface area contributed by atoms with E-state index in [-0.39, 0.29) is 0 Å². The molecule has 2 heterocycles. The molecule has 2 aromatic heterocycles. The summed E-state index contributed by atoms with van der Waals surface area (Å²) in [5.41, 5.74) is 2.82. The Morgan fingerprint density at radius 3 is 2.85 bits per heavy atom. The zero-order valence-corrected chi connectivity index (χ0v) is 13.4. The molecular formula is C16H14BrNOS. The lowest BCUT2D eigenvalue weighted by Crippen LogP contribution is -2.04. The Hall–Kier alpha value is -1.23. The summed E-state index contributed by atoms with van der Waals surface area (Å²) in [5, 5.41) is 13.6. The van der Waals surface area contributed by atoms with Crippen molar-refractivity contribution in [3.63, 3.8) is 0 Å². The van der Waals surface area contributed by atoms with Gasteiger partial charge in [-0.1, -0.05) is 18.2 Å². The second-order valence-electron chi connectivity index (χ2n) is 4.79. The Kier molecular flexibility index (Phi) is 3.87. The maximum Gasteiger partial charge on any atom is 0.101 e. The Balaban J connectivity index is 1.95. The molecule has 3 aromatic rings. The van der Waals surface area contributed by atoms with E-state index < -0.39 is 6.10 Å². The lowest BCUT2D eigenvalue weighted by molar-refractivity contribution is 0.174. The van der Waals surface area contributed by atoms with Gasteiger partial charge in [0.25, 0.3) is 0 Å². The van der Waals surface area contributed by atoms with Crippen LogP contribution < -0.4 is 0 Å². The predicted octanol–water partition coefficient (Wildman–Crippen LogP) is 4.64. The highest BCUT2D eigenvalue weighted by molar-refractivity contribution is 9.10. The number of rotatable bonds is 3. The van der Waals surface area contributed by atoms with Crippen molar-refractivity contribution < 1.29 is 5.11 Å². The number of aliphatic hydroxyl groups excluding tert-OH is 1. The van der Waals surface area contributed by atoms with Crippen LogP contribution >= 0.6 is 27.3 Å². The van der Waals surface area contributed by atoms with Crippen molar-refractivity contribution in [2.24, 2.45) is 0 Å². The molecule has 20 heavy (non-hydrogen) atoms. The Labute approximate surface area is 130 Å². The minimum Gasteiger partial charge on any atom is -0.386 e. The van der Waals surface area contributed by atoms with Crippen molar-refractivity contribution in [1.82, 2.24) is 4.98 Å². The highest BCUT2D eigenvalue weighted by Crippen LogP contribution is 2.29. The number of hydrogen-bond donors (Lipinski definition) is 1. The van der Waals surface area contributed by atoms with E-state index in [0.717, 1.165) is 31.5 Å². The summed E-state index contributed by atoms with van der Waals surface area (Å²) in [6, 6.07) is 12.0. The van der Waals surface area contributed by atoms with Gasteiger partial charge in [0.15, 0.2) is 0 Å². The lowest BCUT2D eigenvalue weighted by Gasteiger charge is -2.12. The minimum absolute atomic E-state index is 0.576. The zero-order chi connectivity index (χ0) is 14.1. The van der Waals surface area contributed by atoms with Crippen LogP contribution in [0.5, 0.6) is 0 Å². The maximum absolute atomic E-state index is 10.4. The number of thiophene rings is 1. The summed E-state index contributed by atoms with van der Waals surface area (Å²) >= 11 is 5.15. The van der Waals surface area contributed by atoms with E-state index in [2.05, 4.69) is 33.9 Å². The summed E-state index contributed by atoms with van der Waals surface area (Å²) in [6.45, 7) is 2.06. The molecule has 0 saturated heterocycles. The van der Waals surface area contributed by atoms with Crippen LogP contribution in [0, 0.1) is 6.92 Å². The van der Waals surface area contributed by atoms with Crippen molar-refractivity contribution in [2.45, 2.75) is 19.4 Å². The van der Waals surface area contributed by atoms with E-state index in [1.807, 2.05) is 35.7 Å². The molecule has 0 saturated carbocycles. The van der Waals surface area contributed by atoms with Crippen LogP contribution in [-0.2, 0) is 6.42 Å². The van der Waals surface area contributed by atoms with Gasteiger partial charge in [-0.15, -0.1) is 11.3 Å². The lowest BCUT2D eigenvalue weighted by atomic mass is 10.1. The predicted molar refractivity (Wildman–Crippen MR) is 87.2 cm³/mol.